The number of hydrogen-bond donors (Lipinski definition) is 2. The third kappa shape index (κ3) is 1.04. The Kier molecular flexibility index (Phi) is 1.53. The van der Waals surface area contributed by atoms with Crippen LogP contribution >= 0.6 is 0 Å². The van der Waals surface area contributed by atoms with Crippen LogP contribution in [0.1, 0.15) is 0 Å². The van der Waals surface area contributed by atoms with Gasteiger partial charge in [-0.05, 0) is 0 Å². The predicted molar refractivity (Wildman–Crippen MR) is 36.4 cm³/mol. The molecule has 0 saturated carbocycles. The molecule has 1 aliphatic heterocycles. The quantitative estimate of drug-likeness (QED) is 0.462. The molecule has 0 saturated heterocycles. The molecule has 0 spiro atoms. The van der Waals surface area contributed by atoms with E-state index in [2.05, 4.69) is 10.3 Å². The first-order valence-corrected chi connectivity index (χ1v) is 2.62. The Labute approximate surface area is 57.1 Å². The van der Waals surface area contributed by atoms with Crippen LogP contribution in [-0.4, -0.2) is 17.5 Å². The number of amidine groups is 1. The van der Waals surface area contributed by atoms with E-state index in [4.69, 9.17) is 11.5 Å². The molecule has 1 aliphatic rings. The molecular weight excluding hydrogens is 134 g/mol. The molecule has 10 heavy (non-hydrogen) atoms. The van der Waals surface area contributed by atoms with Gasteiger partial charge < -0.3 is 11.5 Å². The standard InChI is InChI=1S/C4H7N5O/c5-3-1-4(6)9(8-10)2-7-3/h1H,2,6H2,(H2,5,7). The molecule has 0 bridgehead atoms. The Bertz CT molecular complexity index is 208. The monoisotopic (exact) mass is 141 g/mol. The highest BCUT2D eigenvalue weighted by molar-refractivity contribution is 5.92. The van der Waals surface area contributed by atoms with Gasteiger partial charge in [0.2, 0.25) is 0 Å². The van der Waals surface area contributed by atoms with Gasteiger partial charge in [-0.3, -0.25) is 0 Å². The molecule has 0 aromatic carbocycles. The highest BCUT2D eigenvalue weighted by Crippen LogP contribution is 2.02. The van der Waals surface area contributed by atoms with E-state index in [0.717, 1.165) is 5.01 Å². The van der Waals surface area contributed by atoms with E-state index in [9.17, 15) is 4.91 Å². The van der Waals surface area contributed by atoms with Gasteiger partial charge in [-0.15, -0.1) is 4.91 Å². The summed E-state index contributed by atoms with van der Waals surface area (Å²) in [5, 5.41) is 3.60. The van der Waals surface area contributed by atoms with Crippen molar-refractivity contribution in [3.8, 4) is 0 Å². The fourth-order valence-electron chi connectivity index (χ4n) is 0.575. The maximum atomic E-state index is 9.92. The van der Waals surface area contributed by atoms with Gasteiger partial charge in [0.1, 0.15) is 18.3 Å². The number of rotatable bonds is 1. The normalized spacial score (nSPS) is 17.8. The van der Waals surface area contributed by atoms with Crippen molar-refractivity contribution in [3.05, 3.63) is 16.8 Å². The first kappa shape index (κ1) is 6.53. The summed E-state index contributed by atoms with van der Waals surface area (Å²) < 4.78 is 0. The van der Waals surface area contributed by atoms with Crippen LogP contribution in [0.5, 0.6) is 0 Å². The molecule has 1 rings (SSSR count). The zero-order valence-corrected chi connectivity index (χ0v) is 5.19. The molecule has 0 atom stereocenters. The van der Waals surface area contributed by atoms with Crippen molar-refractivity contribution in [1.82, 2.24) is 5.01 Å². The summed E-state index contributed by atoms with van der Waals surface area (Å²) in [6, 6.07) is 0. The van der Waals surface area contributed by atoms with Crippen LogP contribution in [0.2, 0.25) is 0 Å². The maximum Gasteiger partial charge on any atom is 0.139 e. The second-order valence-corrected chi connectivity index (χ2v) is 1.77. The first-order valence-electron chi connectivity index (χ1n) is 2.62. The molecule has 0 aromatic rings. The van der Waals surface area contributed by atoms with Gasteiger partial charge >= 0.3 is 0 Å². The Hall–Kier alpha value is -1.59. The number of aliphatic imine (C=N–C) groups is 1. The van der Waals surface area contributed by atoms with Crippen LogP contribution in [0.4, 0.5) is 0 Å². The molecule has 4 N–H and O–H groups in total. The molecule has 0 fully saturated rings. The lowest BCUT2D eigenvalue weighted by molar-refractivity contribution is 0.363. The molecule has 0 amide bonds. The molecular formula is C4H7N5O. The summed E-state index contributed by atoms with van der Waals surface area (Å²) in [6.07, 6.45) is 1.38. The largest absolute Gasteiger partial charge is 0.384 e. The van der Waals surface area contributed by atoms with Crippen LogP contribution in [0.25, 0.3) is 0 Å². The average molecular weight is 141 g/mol. The van der Waals surface area contributed by atoms with Crippen LogP contribution in [0, 0.1) is 4.91 Å². The molecule has 1 heterocycles. The predicted octanol–water partition coefficient (Wildman–Crippen LogP) is -0.902. The van der Waals surface area contributed by atoms with E-state index in [1.807, 2.05) is 0 Å². The zero-order valence-electron chi connectivity index (χ0n) is 5.19. The minimum Gasteiger partial charge on any atom is -0.384 e. The summed E-state index contributed by atoms with van der Waals surface area (Å²) in [7, 11) is 0. The number of nitrogens with two attached hydrogens (primary N) is 2. The van der Waals surface area contributed by atoms with Gasteiger partial charge in [-0.2, -0.15) is 5.01 Å². The van der Waals surface area contributed by atoms with E-state index < -0.39 is 0 Å². The van der Waals surface area contributed by atoms with Crippen molar-refractivity contribution in [2.75, 3.05) is 6.67 Å². The lowest BCUT2D eigenvalue weighted by Gasteiger charge is -2.15. The van der Waals surface area contributed by atoms with Gasteiger partial charge in [0.15, 0.2) is 0 Å². The second-order valence-electron chi connectivity index (χ2n) is 1.77. The van der Waals surface area contributed by atoms with Crippen LogP contribution in [0.15, 0.2) is 22.2 Å². The van der Waals surface area contributed by atoms with Crippen LogP contribution in [0.3, 0.4) is 0 Å². The molecule has 0 aromatic heterocycles. The van der Waals surface area contributed by atoms with Crippen molar-refractivity contribution in [2.45, 2.75) is 0 Å². The summed E-state index contributed by atoms with van der Waals surface area (Å²) in [4.78, 5) is 13.6. The van der Waals surface area contributed by atoms with Gasteiger partial charge in [0, 0.05) is 6.08 Å². The highest BCUT2D eigenvalue weighted by atomic mass is 16.3. The smallest absolute Gasteiger partial charge is 0.139 e. The Balaban J connectivity index is 2.77. The van der Waals surface area contributed by atoms with Crippen LogP contribution < -0.4 is 11.5 Å². The van der Waals surface area contributed by atoms with Crippen molar-refractivity contribution in [3.63, 3.8) is 0 Å². The van der Waals surface area contributed by atoms with Crippen molar-refractivity contribution in [2.24, 2.45) is 21.7 Å². The SMILES string of the molecule is NC1=CC(N)=NCN1N=O. The molecule has 6 heteroatoms. The molecule has 6 nitrogen and oxygen atoms in total. The summed E-state index contributed by atoms with van der Waals surface area (Å²) in [5.74, 6) is 0.542. The number of nitroso groups, excluding NO2 is 1. The van der Waals surface area contributed by atoms with E-state index in [1.165, 1.54) is 6.08 Å². The third-order valence-electron chi connectivity index (χ3n) is 1.08. The Morgan fingerprint density at radius 3 is 2.90 bits per heavy atom. The fourth-order valence-corrected chi connectivity index (χ4v) is 0.575. The summed E-state index contributed by atoms with van der Waals surface area (Å²) >= 11 is 0. The van der Waals surface area contributed by atoms with E-state index in [1.54, 1.807) is 0 Å². The maximum absolute atomic E-state index is 9.92. The Morgan fingerprint density at radius 1 is 1.70 bits per heavy atom. The zero-order chi connectivity index (χ0) is 7.56. The molecule has 0 unspecified atom stereocenters. The molecule has 0 radical (unpaired) electrons. The van der Waals surface area contributed by atoms with Gasteiger partial charge in [0.25, 0.3) is 0 Å². The Morgan fingerprint density at radius 2 is 2.40 bits per heavy atom. The molecule has 0 aliphatic carbocycles. The average Bonchev–Trinajstić information content (AvgIpc) is 1.88. The second kappa shape index (κ2) is 2.34. The number of nitrogens with zero attached hydrogens (tertiary/aromatic N) is 3. The van der Waals surface area contributed by atoms with Crippen molar-refractivity contribution >= 4 is 5.84 Å². The third-order valence-corrected chi connectivity index (χ3v) is 1.08. The number of hydrogen-bond acceptors (Lipinski definition) is 5. The summed E-state index contributed by atoms with van der Waals surface area (Å²) in [6.45, 7) is 0.109. The van der Waals surface area contributed by atoms with Gasteiger partial charge in [0.05, 0.1) is 5.29 Å². The highest BCUT2D eigenvalue weighted by Gasteiger charge is 2.09. The summed E-state index contributed by atoms with van der Waals surface area (Å²) in [5.41, 5.74) is 10.6. The van der Waals surface area contributed by atoms with E-state index >= 15 is 0 Å². The van der Waals surface area contributed by atoms with Crippen molar-refractivity contribution < 1.29 is 0 Å². The lowest BCUT2D eigenvalue weighted by Crippen LogP contribution is -2.29. The lowest BCUT2D eigenvalue weighted by atomic mass is 10.4. The minimum absolute atomic E-state index is 0.109. The fraction of sp³-hybridized carbons (Fsp3) is 0.250. The van der Waals surface area contributed by atoms with E-state index in [0.29, 0.717) is 5.84 Å². The topological polar surface area (TPSA) is 97.1 Å². The van der Waals surface area contributed by atoms with Gasteiger partial charge in [-0.1, -0.05) is 0 Å². The minimum atomic E-state index is 0.109. The van der Waals surface area contributed by atoms with E-state index in [-0.39, 0.29) is 12.5 Å². The van der Waals surface area contributed by atoms with Gasteiger partial charge in [-0.25, -0.2) is 4.99 Å². The molecule has 54 valence electrons. The van der Waals surface area contributed by atoms with Crippen molar-refractivity contribution in [1.29, 1.82) is 0 Å². The first-order chi connectivity index (χ1) is 4.74. The van der Waals surface area contributed by atoms with Crippen LogP contribution in [-0.2, 0) is 0 Å².